The second-order valence-electron chi connectivity index (χ2n) is 5.86. The van der Waals surface area contributed by atoms with Crippen LogP contribution in [0, 0.1) is 0 Å². The van der Waals surface area contributed by atoms with E-state index in [1.807, 2.05) is 6.07 Å². The summed E-state index contributed by atoms with van der Waals surface area (Å²) >= 11 is 0. The highest BCUT2D eigenvalue weighted by Crippen LogP contribution is 2.20. The van der Waals surface area contributed by atoms with Crippen LogP contribution in [0.4, 0.5) is 22.1 Å². The molecule has 0 aliphatic carbocycles. The molecule has 0 aliphatic rings. The lowest BCUT2D eigenvalue weighted by Crippen LogP contribution is -2.15. The molecule has 1 amide bonds. The summed E-state index contributed by atoms with van der Waals surface area (Å²) < 4.78 is 4.82. The van der Waals surface area contributed by atoms with Gasteiger partial charge in [-0.25, -0.2) is 9.78 Å². The average molecular weight is 353 g/mol. The third kappa shape index (κ3) is 4.24. The number of hydrogen-bond donors (Lipinski definition) is 4. The zero-order valence-corrected chi connectivity index (χ0v) is 14.7. The number of pyridine rings is 1. The third-order valence-corrected chi connectivity index (χ3v) is 4.04. The molecule has 0 unspecified atom stereocenters. The Labute approximate surface area is 152 Å². The minimum atomic E-state index is -0.541. The maximum absolute atomic E-state index is 11.4. The number of benzene rings is 1. The number of H-pyrrole nitrogens is 1. The van der Waals surface area contributed by atoms with E-state index in [9.17, 15) is 4.79 Å². The molecule has 0 aliphatic heterocycles. The molecule has 2 aromatic heterocycles. The highest BCUT2D eigenvalue weighted by Gasteiger charge is 2.07. The van der Waals surface area contributed by atoms with Crippen molar-refractivity contribution in [3.63, 3.8) is 0 Å². The number of aryl methyl sites for hydroxylation is 1. The maximum atomic E-state index is 11.4. The number of aromatic nitrogens is 2. The monoisotopic (exact) mass is 353 g/mol. The van der Waals surface area contributed by atoms with Crippen LogP contribution in [0.25, 0.3) is 10.9 Å². The Morgan fingerprint density at radius 1 is 1.27 bits per heavy atom. The van der Waals surface area contributed by atoms with Gasteiger partial charge in [-0.15, -0.1) is 0 Å². The number of carbonyl (C=O) groups is 1. The number of anilines is 3. The van der Waals surface area contributed by atoms with E-state index in [1.54, 1.807) is 19.1 Å². The second-order valence-corrected chi connectivity index (χ2v) is 5.86. The molecule has 0 spiro atoms. The van der Waals surface area contributed by atoms with E-state index in [2.05, 4.69) is 45.0 Å². The number of nitrogens with one attached hydrogen (secondary N) is 3. The Balaban J connectivity index is 1.50. The fourth-order valence-electron chi connectivity index (χ4n) is 2.79. The summed E-state index contributed by atoms with van der Waals surface area (Å²) in [5.41, 5.74) is 8.79. The van der Waals surface area contributed by atoms with Crippen LogP contribution in [0.5, 0.6) is 0 Å². The fraction of sp³-hybridized carbons (Fsp3) is 0.263. The van der Waals surface area contributed by atoms with Crippen LogP contribution < -0.4 is 16.4 Å². The first-order valence-corrected chi connectivity index (χ1v) is 8.66. The topological polar surface area (TPSA) is 105 Å². The third-order valence-electron chi connectivity index (χ3n) is 4.04. The molecule has 0 saturated carbocycles. The molecule has 0 fully saturated rings. The lowest BCUT2D eigenvalue weighted by molar-refractivity contribution is 0.168. The van der Waals surface area contributed by atoms with E-state index in [4.69, 9.17) is 10.5 Å². The van der Waals surface area contributed by atoms with Crippen LogP contribution >= 0.6 is 0 Å². The van der Waals surface area contributed by atoms with Crippen molar-refractivity contribution >= 4 is 34.3 Å². The Morgan fingerprint density at radius 3 is 2.92 bits per heavy atom. The molecule has 2 heterocycles. The van der Waals surface area contributed by atoms with Crippen LogP contribution in [0.2, 0.25) is 0 Å². The molecule has 0 bridgehead atoms. The van der Waals surface area contributed by atoms with Crippen molar-refractivity contribution in [2.24, 2.45) is 0 Å². The average Bonchev–Trinajstić information content (AvgIpc) is 3.04. The summed E-state index contributed by atoms with van der Waals surface area (Å²) in [5, 5.41) is 7.09. The van der Waals surface area contributed by atoms with E-state index >= 15 is 0 Å². The number of carbonyl (C=O) groups excluding carboxylic acids is 1. The molecule has 1 aromatic carbocycles. The largest absolute Gasteiger partial charge is 0.450 e. The van der Waals surface area contributed by atoms with Crippen LogP contribution in [-0.2, 0) is 11.2 Å². The number of hydrogen-bond acceptors (Lipinski definition) is 5. The number of rotatable bonds is 7. The Hall–Kier alpha value is -3.22. The van der Waals surface area contributed by atoms with Gasteiger partial charge in [-0.3, -0.25) is 5.32 Å². The van der Waals surface area contributed by atoms with Crippen LogP contribution in [0.1, 0.15) is 18.9 Å². The first-order chi connectivity index (χ1) is 12.7. The number of nitrogens with two attached hydrogens (primary N) is 1. The van der Waals surface area contributed by atoms with Crippen molar-refractivity contribution in [2.75, 3.05) is 29.5 Å². The summed E-state index contributed by atoms with van der Waals surface area (Å²) in [6.45, 7) is 2.82. The summed E-state index contributed by atoms with van der Waals surface area (Å²) in [4.78, 5) is 19.0. The molecule has 0 radical (unpaired) electrons. The Kier molecular flexibility index (Phi) is 5.58. The summed E-state index contributed by atoms with van der Waals surface area (Å²) in [5.74, 6) is 0.926. The molecule has 0 saturated heterocycles. The van der Waals surface area contributed by atoms with Gasteiger partial charge in [-0.1, -0.05) is 18.2 Å². The smallest absolute Gasteiger partial charge is 0.411 e. The summed E-state index contributed by atoms with van der Waals surface area (Å²) in [7, 11) is 0. The quantitative estimate of drug-likeness (QED) is 0.484. The maximum Gasteiger partial charge on any atom is 0.411 e. The molecular weight excluding hydrogens is 330 g/mol. The van der Waals surface area contributed by atoms with Gasteiger partial charge in [-0.05, 0) is 43.5 Å². The number of aromatic amines is 1. The highest BCUT2D eigenvalue weighted by molar-refractivity contribution is 5.88. The molecule has 136 valence electrons. The fourth-order valence-corrected chi connectivity index (χ4v) is 2.79. The molecular formula is C19H23N5O2. The normalized spacial score (nSPS) is 10.7. The van der Waals surface area contributed by atoms with Gasteiger partial charge >= 0.3 is 6.09 Å². The van der Waals surface area contributed by atoms with E-state index in [0.29, 0.717) is 18.1 Å². The van der Waals surface area contributed by atoms with Gasteiger partial charge in [0, 0.05) is 23.6 Å². The van der Waals surface area contributed by atoms with Crippen LogP contribution in [0.3, 0.4) is 0 Å². The van der Waals surface area contributed by atoms with E-state index in [0.717, 1.165) is 24.9 Å². The molecule has 5 N–H and O–H groups in total. The van der Waals surface area contributed by atoms with Crippen molar-refractivity contribution in [1.82, 2.24) is 9.97 Å². The van der Waals surface area contributed by atoms with Crippen LogP contribution in [-0.4, -0.2) is 29.2 Å². The van der Waals surface area contributed by atoms with Gasteiger partial charge in [0.1, 0.15) is 11.6 Å². The van der Waals surface area contributed by atoms with E-state index in [-0.39, 0.29) is 5.82 Å². The lowest BCUT2D eigenvalue weighted by atomic mass is 10.1. The molecule has 3 aromatic rings. The van der Waals surface area contributed by atoms with Gasteiger partial charge in [0.15, 0.2) is 0 Å². The number of ether oxygens (including phenoxy) is 1. The van der Waals surface area contributed by atoms with Gasteiger partial charge in [-0.2, -0.15) is 0 Å². The Bertz CT molecular complexity index is 891. The minimum Gasteiger partial charge on any atom is -0.450 e. The molecule has 7 nitrogen and oxygen atoms in total. The van der Waals surface area contributed by atoms with Gasteiger partial charge in [0.2, 0.25) is 0 Å². The Morgan fingerprint density at radius 2 is 2.12 bits per heavy atom. The predicted molar refractivity (Wildman–Crippen MR) is 104 cm³/mol. The second kappa shape index (κ2) is 8.24. The predicted octanol–water partition coefficient (Wildman–Crippen LogP) is 3.76. The zero-order valence-electron chi connectivity index (χ0n) is 14.7. The van der Waals surface area contributed by atoms with Crippen molar-refractivity contribution in [2.45, 2.75) is 19.8 Å². The number of fused-ring (bicyclic) bond motifs is 1. The SMILES string of the molecule is CCOC(=O)Nc1ccc(NCCCc2c[nH]c3ccccc23)nc1N. The first-order valence-electron chi connectivity index (χ1n) is 8.66. The number of nitrogen functional groups attached to an aromatic ring is 1. The van der Waals surface area contributed by atoms with Crippen LogP contribution in [0.15, 0.2) is 42.6 Å². The molecule has 7 heteroatoms. The summed E-state index contributed by atoms with van der Waals surface area (Å²) in [6.07, 6.45) is 3.46. The summed E-state index contributed by atoms with van der Waals surface area (Å²) in [6, 6.07) is 11.8. The number of amides is 1. The van der Waals surface area contributed by atoms with Crippen molar-refractivity contribution in [3.05, 3.63) is 48.2 Å². The zero-order chi connectivity index (χ0) is 18.4. The molecule has 3 rings (SSSR count). The molecule has 0 atom stereocenters. The minimum absolute atomic E-state index is 0.250. The lowest BCUT2D eigenvalue weighted by Gasteiger charge is -2.10. The van der Waals surface area contributed by atoms with Crippen molar-refractivity contribution in [3.8, 4) is 0 Å². The number of nitrogens with zero attached hydrogens (tertiary/aromatic N) is 1. The molecule has 26 heavy (non-hydrogen) atoms. The van der Waals surface area contributed by atoms with Gasteiger partial charge < -0.3 is 20.8 Å². The van der Waals surface area contributed by atoms with Crippen molar-refractivity contribution in [1.29, 1.82) is 0 Å². The van der Waals surface area contributed by atoms with E-state index < -0.39 is 6.09 Å². The number of para-hydroxylation sites is 1. The van der Waals surface area contributed by atoms with Gasteiger partial charge in [0.25, 0.3) is 0 Å². The van der Waals surface area contributed by atoms with Gasteiger partial charge in [0.05, 0.1) is 12.3 Å². The van der Waals surface area contributed by atoms with Crippen molar-refractivity contribution < 1.29 is 9.53 Å². The van der Waals surface area contributed by atoms with E-state index in [1.165, 1.54) is 10.9 Å². The highest BCUT2D eigenvalue weighted by atomic mass is 16.5. The first kappa shape index (κ1) is 17.6. The standard InChI is InChI=1S/C19H23N5O2/c1-2-26-19(25)23-16-9-10-17(24-18(16)20)21-11-5-6-13-12-22-15-8-4-3-7-14(13)15/h3-4,7-10,12,22H,2,5-6,11H2,1H3,(H,23,25)(H3,20,21,24).